The van der Waals surface area contributed by atoms with Crippen LogP contribution in [0.3, 0.4) is 0 Å². The Bertz CT molecular complexity index is 677. The standard InChI is InChI=1S/C20H27N3O2S/c1-3-22(4-2)17-10-8-16(9-11-17)14-18-19(24)23(20(25)26-18)15-21-12-6-5-7-13-21/h8-11,14H,3-7,12-13,15H2,1-2H3/p+1/b18-14+. The molecule has 3 rings (SSSR count). The molecule has 2 aliphatic heterocycles. The van der Waals surface area contributed by atoms with Crippen molar-refractivity contribution in [3.8, 4) is 0 Å². The van der Waals surface area contributed by atoms with Crippen molar-refractivity contribution in [1.82, 2.24) is 4.90 Å². The highest BCUT2D eigenvalue weighted by Gasteiger charge is 2.37. The predicted octanol–water partition coefficient (Wildman–Crippen LogP) is 2.60. The van der Waals surface area contributed by atoms with E-state index in [1.165, 1.54) is 34.7 Å². The van der Waals surface area contributed by atoms with Gasteiger partial charge < -0.3 is 9.80 Å². The van der Waals surface area contributed by atoms with Crippen molar-refractivity contribution in [3.05, 3.63) is 34.7 Å². The van der Waals surface area contributed by atoms with Gasteiger partial charge in [-0.3, -0.25) is 9.59 Å². The average Bonchev–Trinajstić information content (AvgIpc) is 2.92. The fourth-order valence-corrected chi connectivity index (χ4v) is 4.43. The van der Waals surface area contributed by atoms with Crippen LogP contribution in [0.15, 0.2) is 29.2 Å². The van der Waals surface area contributed by atoms with Crippen LogP contribution in [0.5, 0.6) is 0 Å². The molecule has 140 valence electrons. The van der Waals surface area contributed by atoms with E-state index in [1.807, 2.05) is 18.2 Å². The number of hydrogen-bond acceptors (Lipinski definition) is 4. The van der Waals surface area contributed by atoms with Gasteiger partial charge in [-0.15, -0.1) is 0 Å². The number of piperidine rings is 1. The Kier molecular flexibility index (Phi) is 6.38. The van der Waals surface area contributed by atoms with Crippen LogP contribution in [-0.4, -0.2) is 48.9 Å². The topological polar surface area (TPSA) is 45.1 Å². The largest absolute Gasteiger partial charge is 0.372 e. The molecule has 2 amide bonds. The average molecular weight is 375 g/mol. The Labute approximate surface area is 160 Å². The van der Waals surface area contributed by atoms with E-state index >= 15 is 0 Å². The zero-order valence-electron chi connectivity index (χ0n) is 15.7. The fraction of sp³-hybridized carbons (Fsp3) is 0.500. The van der Waals surface area contributed by atoms with E-state index in [-0.39, 0.29) is 11.1 Å². The number of quaternary nitrogens is 1. The Morgan fingerprint density at radius 3 is 2.35 bits per heavy atom. The molecule has 2 aliphatic rings. The van der Waals surface area contributed by atoms with E-state index in [0.29, 0.717) is 11.6 Å². The molecule has 0 aromatic heterocycles. The van der Waals surface area contributed by atoms with Crippen molar-refractivity contribution in [1.29, 1.82) is 0 Å². The summed E-state index contributed by atoms with van der Waals surface area (Å²) in [5.41, 5.74) is 2.13. The number of thioether (sulfide) groups is 1. The van der Waals surface area contributed by atoms with Gasteiger partial charge in [0.2, 0.25) is 0 Å². The predicted molar refractivity (Wildman–Crippen MR) is 107 cm³/mol. The van der Waals surface area contributed by atoms with Crippen LogP contribution in [0.25, 0.3) is 6.08 Å². The molecule has 2 fully saturated rings. The maximum atomic E-state index is 12.7. The van der Waals surface area contributed by atoms with Gasteiger partial charge in [0.1, 0.15) is 0 Å². The Hall–Kier alpha value is -1.79. The van der Waals surface area contributed by atoms with Crippen LogP contribution >= 0.6 is 11.8 Å². The molecule has 0 saturated carbocycles. The van der Waals surface area contributed by atoms with Gasteiger partial charge >= 0.3 is 0 Å². The molecule has 0 spiro atoms. The van der Waals surface area contributed by atoms with Crippen LogP contribution in [0.4, 0.5) is 10.5 Å². The second-order valence-electron chi connectivity index (χ2n) is 6.84. The summed E-state index contributed by atoms with van der Waals surface area (Å²) in [5.74, 6) is -0.147. The summed E-state index contributed by atoms with van der Waals surface area (Å²) in [7, 11) is 0. The van der Waals surface area contributed by atoms with Crippen LogP contribution in [0.1, 0.15) is 38.7 Å². The Morgan fingerprint density at radius 2 is 1.73 bits per heavy atom. The first-order valence-corrected chi connectivity index (χ1v) is 10.4. The quantitative estimate of drug-likeness (QED) is 0.778. The lowest BCUT2D eigenvalue weighted by atomic mass is 10.1. The molecule has 0 radical (unpaired) electrons. The molecule has 6 heteroatoms. The van der Waals surface area contributed by atoms with Crippen molar-refractivity contribution < 1.29 is 14.5 Å². The molecule has 26 heavy (non-hydrogen) atoms. The monoisotopic (exact) mass is 374 g/mol. The number of hydrogen-bond donors (Lipinski definition) is 1. The molecule has 2 saturated heterocycles. The molecule has 0 aliphatic carbocycles. The molecule has 1 aromatic carbocycles. The minimum Gasteiger partial charge on any atom is -0.372 e. The summed E-state index contributed by atoms with van der Waals surface area (Å²) < 4.78 is 0. The maximum absolute atomic E-state index is 12.7. The molecular weight excluding hydrogens is 346 g/mol. The van der Waals surface area contributed by atoms with Gasteiger partial charge in [-0.05, 0) is 68.6 Å². The maximum Gasteiger partial charge on any atom is 0.298 e. The number of nitrogens with one attached hydrogen (secondary N) is 1. The number of nitrogens with zero attached hydrogens (tertiary/aromatic N) is 2. The summed E-state index contributed by atoms with van der Waals surface area (Å²) in [4.78, 5) is 30.5. The van der Waals surface area contributed by atoms with E-state index in [0.717, 1.165) is 43.5 Å². The third-order valence-electron chi connectivity index (χ3n) is 5.14. The highest BCUT2D eigenvalue weighted by Crippen LogP contribution is 2.31. The number of imide groups is 1. The highest BCUT2D eigenvalue weighted by atomic mass is 32.2. The second-order valence-corrected chi connectivity index (χ2v) is 7.84. The fourth-order valence-electron chi connectivity index (χ4n) is 3.59. The highest BCUT2D eigenvalue weighted by molar-refractivity contribution is 8.18. The number of carbonyl (C=O) groups is 2. The number of rotatable bonds is 6. The Balaban J connectivity index is 1.69. The third kappa shape index (κ3) is 4.30. The number of carbonyl (C=O) groups excluding carboxylic acids is 2. The molecule has 0 bridgehead atoms. The zero-order valence-corrected chi connectivity index (χ0v) is 16.5. The summed E-state index contributed by atoms with van der Waals surface area (Å²) in [6.07, 6.45) is 5.46. The molecule has 5 nitrogen and oxygen atoms in total. The van der Waals surface area contributed by atoms with Gasteiger partial charge in [-0.25, -0.2) is 4.90 Å². The molecule has 1 aromatic rings. The normalized spacial score (nSPS) is 20.2. The number of amides is 2. The van der Waals surface area contributed by atoms with Crippen LogP contribution < -0.4 is 9.80 Å². The van der Waals surface area contributed by atoms with Gasteiger partial charge in [0.15, 0.2) is 6.67 Å². The van der Waals surface area contributed by atoms with Gasteiger partial charge in [0.05, 0.1) is 18.0 Å². The second kappa shape index (κ2) is 8.73. The van der Waals surface area contributed by atoms with Crippen LogP contribution in [0, 0.1) is 0 Å². The van der Waals surface area contributed by atoms with Gasteiger partial charge in [-0.2, -0.15) is 0 Å². The molecule has 1 N–H and O–H groups in total. The van der Waals surface area contributed by atoms with E-state index < -0.39 is 0 Å². The summed E-state index contributed by atoms with van der Waals surface area (Å²) in [5, 5.41) is -0.140. The molecular formula is C20H28N3O2S+. The summed E-state index contributed by atoms with van der Waals surface area (Å²) in [6.45, 7) is 8.81. The van der Waals surface area contributed by atoms with Gasteiger partial charge in [0, 0.05) is 18.8 Å². The van der Waals surface area contributed by atoms with Crippen molar-refractivity contribution in [2.45, 2.75) is 33.1 Å². The SMILES string of the molecule is CCN(CC)c1ccc(/C=C2/SC(=O)N(C[NH+]3CCCCC3)C2=O)cc1. The van der Waals surface area contributed by atoms with Gasteiger partial charge in [-0.1, -0.05) is 12.1 Å². The first-order valence-electron chi connectivity index (χ1n) is 9.56. The van der Waals surface area contributed by atoms with E-state index in [9.17, 15) is 9.59 Å². The van der Waals surface area contributed by atoms with E-state index in [4.69, 9.17) is 0 Å². The summed E-state index contributed by atoms with van der Waals surface area (Å²) in [6, 6.07) is 8.16. The van der Waals surface area contributed by atoms with Crippen molar-refractivity contribution in [2.75, 3.05) is 37.7 Å². The van der Waals surface area contributed by atoms with Crippen LogP contribution in [-0.2, 0) is 4.79 Å². The number of likely N-dealkylation sites (tertiary alicyclic amines) is 1. The lowest BCUT2D eigenvalue weighted by molar-refractivity contribution is -0.912. The van der Waals surface area contributed by atoms with Crippen molar-refractivity contribution in [3.63, 3.8) is 0 Å². The molecule has 2 heterocycles. The first kappa shape index (κ1) is 19.0. The van der Waals surface area contributed by atoms with E-state index in [2.05, 4.69) is 30.9 Å². The number of benzene rings is 1. The lowest BCUT2D eigenvalue weighted by Crippen LogP contribution is -3.14. The first-order chi connectivity index (χ1) is 12.6. The minimum absolute atomic E-state index is 0.140. The number of anilines is 1. The minimum atomic E-state index is -0.147. The molecule has 0 atom stereocenters. The van der Waals surface area contributed by atoms with Crippen molar-refractivity contribution in [2.24, 2.45) is 0 Å². The van der Waals surface area contributed by atoms with E-state index in [1.54, 1.807) is 0 Å². The zero-order chi connectivity index (χ0) is 18.5. The molecule has 0 unspecified atom stereocenters. The third-order valence-corrected chi connectivity index (χ3v) is 6.04. The lowest BCUT2D eigenvalue weighted by Gasteiger charge is -2.26. The Morgan fingerprint density at radius 1 is 1.08 bits per heavy atom. The van der Waals surface area contributed by atoms with Crippen molar-refractivity contribution >= 4 is 34.7 Å². The van der Waals surface area contributed by atoms with Crippen LogP contribution in [0.2, 0.25) is 0 Å². The van der Waals surface area contributed by atoms with Gasteiger partial charge in [0.25, 0.3) is 11.1 Å². The summed E-state index contributed by atoms with van der Waals surface area (Å²) >= 11 is 1.06. The smallest absolute Gasteiger partial charge is 0.298 e.